The third-order valence-corrected chi connectivity index (χ3v) is 7.53. The zero-order chi connectivity index (χ0) is 20.4. The molecule has 4 heterocycles. The van der Waals surface area contributed by atoms with Crippen molar-refractivity contribution in [2.45, 2.75) is 6.54 Å². The monoisotopic (exact) mass is 450 g/mol. The Kier molecular flexibility index (Phi) is 5.73. The van der Waals surface area contributed by atoms with Gasteiger partial charge in [-0.05, 0) is 30.3 Å². The van der Waals surface area contributed by atoms with Crippen LogP contribution in [0, 0.1) is 0 Å². The van der Waals surface area contributed by atoms with Gasteiger partial charge >= 0.3 is 0 Å². The molecule has 7 nitrogen and oxygen atoms in total. The molecule has 0 bridgehead atoms. The van der Waals surface area contributed by atoms with Crippen LogP contribution < -0.4 is 0 Å². The minimum Gasteiger partial charge on any atom is -0.346 e. The summed E-state index contributed by atoms with van der Waals surface area (Å²) in [7, 11) is -3.66. The van der Waals surface area contributed by atoms with E-state index in [1.165, 1.54) is 21.7 Å². The zero-order valence-electron chi connectivity index (χ0n) is 15.4. The molecule has 1 saturated heterocycles. The number of nitrogens with zero attached hydrogens (tertiary/aromatic N) is 4. The first-order chi connectivity index (χ1) is 13.9. The lowest BCUT2D eigenvalue weighted by atomic mass is 10.3. The second-order valence-electron chi connectivity index (χ2n) is 6.65. The molecular weight excluding hydrogens is 432 g/mol. The summed E-state index contributed by atoms with van der Waals surface area (Å²) < 4.78 is 29.0. The van der Waals surface area contributed by atoms with Crippen molar-refractivity contribution in [1.82, 2.24) is 18.8 Å². The van der Waals surface area contributed by atoms with Crippen LogP contribution in [0.25, 0.3) is 17.0 Å². The first-order valence-electron chi connectivity index (χ1n) is 9.02. The van der Waals surface area contributed by atoms with Gasteiger partial charge in [0.2, 0.25) is 15.9 Å². The Balaban J connectivity index is 1.36. The molecule has 0 saturated carbocycles. The first kappa shape index (κ1) is 20.1. The Morgan fingerprint density at radius 3 is 2.79 bits per heavy atom. The van der Waals surface area contributed by atoms with Crippen molar-refractivity contribution in [3.63, 3.8) is 0 Å². The van der Waals surface area contributed by atoms with Crippen LogP contribution >= 0.6 is 22.9 Å². The van der Waals surface area contributed by atoms with Crippen LogP contribution in [0.2, 0.25) is 4.34 Å². The predicted molar refractivity (Wildman–Crippen MR) is 115 cm³/mol. The number of pyridine rings is 1. The zero-order valence-corrected chi connectivity index (χ0v) is 17.8. The van der Waals surface area contributed by atoms with E-state index in [1.54, 1.807) is 29.4 Å². The Hall–Kier alpha value is -2.20. The van der Waals surface area contributed by atoms with E-state index in [2.05, 4.69) is 9.55 Å². The van der Waals surface area contributed by atoms with Crippen molar-refractivity contribution in [2.75, 3.05) is 26.2 Å². The summed E-state index contributed by atoms with van der Waals surface area (Å²) in [6, 6.07) is 7.39. The fourth-order valence-corrected chi connectivity index (χ4v) is 5.43. The number of halogens is 1. The summed E-state index contributed by atoms with van der Waals surface area (Å²) >= 11 is 7.16. The Morgan fingerprint density at radius 1 is 1.17 bits per heavy atom. The van der Waals surface area contributed by atoms with Crippen LogP contribution in [0.15, 0.2) is 48.3 Å². The standard InChI is InChI=1S/C19H19ClN4O3S2/c20-18-2-1-16(28-18)5-12-29(26,27)24-11-10-23(19(25)14-24)9-8-22-7-4-15-13-21-6-3-17(15)22/h1-7,12-13H,8-11,14H2/b12-5+. The quantitative estimate of drug-likeness (QED) is 0.578. The van der Waals surface area contributed by atoms with Gasteiger partial charge in [-0.2, -0.15) is 4.31 Å². The summed E-state index contributed by atoms with van der Waals surface area (Å²) in [5.41, 5.74) is 1.06. The van der Waals surface area contributed by atoms with Gasteiger partial charge in [0.1, 0.15) is 0 Å². The average molecular weight is 451 g/mol. The molecule has 0 radical (unpaired) electrons. The number of piperazine rings is 1. The van der Waals surface area contributed by atoms with E-state index in [-0.39, 0.29) is 19.0 Å². The number of rotatable bonds is 6. The molecule has 0 aliphatic carbocycles. The molecule has 3 aromatic heterocycles. The van der Waals surface area contributed by atoms with E-state index in [0.29, 0.717) is 24.0 Å². The predicted octanol–water partition coefficient (Wildman–Crippen LogP) is 2.90. The topological polar surface area (TPSA) is 75.5 Å². The molecule has 0 N–H and O–H groups in total. The van der Waals surface area contributed by atoms with Gasteiger partial charge in [-0.1, -0.05) is 11.6 Å². The molecule has 0 unspecified atom stereocenters. The summed E-state index contributed by atoms with van der Waals surface area (Å²) in [4.78, 5) is 19.1. The van der Waals surface area contributed by atoms with Gasteiger partial charge in [-0.3, -0.25) is 9.78 Å². The van der Waals surface area contributed by atoms with E-state index in [9.17, 15) is 13.2 Å². The van der Waals surface area contributed by atoms with Crippen LogP contribution in [0.1, 0.15) is 4.88 Å². The fraction of sp³-hybridized carbons (Fsp3) is 0.263. The van der Waals surface area contributed by atoms with Gasteiger partial charge < -0.3 is 9.47 Å². The lowest BCUT2D eigenvalue weighted by molar-refractivity contribution is -0.134. The maximum Gasteiger partial charge on any atom is 0.238 e. The van der Waals surface area contributed by atoms with Crippen LogP contribution in [0.4, 0.5) is 0 Å². The molecule has 3 aromatic rings. The van der Waals surface area contributed by atoms with E-state index in [4.69, 9.17) is 11.6 Å². The molecule has 0 aromatic carbocycles. The molecule has 1 amide bonds. The maximum absolute atomic E-state index is 12.5. The highest BCUT2D eigenvalue weighted by Gasteiger charge is 2.30. The van der Waals surface area contributed by atoms with Crippen LogP contribution in [0.3, 0.4) is 0 Å². The van der Waals surface area contributed by atoms with E-state index in [0.717, 1.165) is 21.2 Å². The lowest BCUT2D eigenvalue weighted by Crippen LogP contribution is -2.52. The largest absolute Gasteiger partial charge is 0.346 e. The van der Waals surface area contributed by atoms with Gasteiger partial charge in [-0.25, -0.2) is 8.42 Å². The van der Waals surface area contributed by atoms with Crippen molar-refractivity contribution in [3.05, 3.63) is 57.5 Å². The van der Waals surface area contributed by atoms with Gasteiger partial charge in [0, 0.05) is 60.4 Å². The highest BCUT2D eigenvalue weighted by molar-refractivity contribution is 7.92. The van der Waals surface area contributed by atoms with Gasteiger partial charge in [0.25, 0.3) is 0 Å². The van der Waals surface area contributed by atoms with Gasteiger partial charge in [-0.15, -0.1) is 11.3 Å². The Morgan fingerprint density at radius 2 is 2.03 bits per heavy atom. The van der Waals surface area contributed by atoms with Crippen molar-refractivity contribution >= 4 is 55.8 Å². The summed E-state index contributed by atoms with van der Waals surface area (Å²) in [5.74, 6) is -0.189. The number of thiophene rings is 1. The number of aromatic nitrogens is 2. The summed E-state index contributed by atoms with van der Waals surface area (Å²) in [5, 5.41) is 2.19. The van der Waals surface area contributed by atoms with Crippen molar-refractivity contribution in [1.29, 1.82) is 0 Å². The van der Waals surface area contributed by atoms with Gasteiger partial charge in [0.15, 0.2) is 0 Å². The van der Waals surface area contributed by atoms with Crippen LogP contribution in [0.5, 0.6) is 0 Å². The number of hydrogen-bond donors (Lipinski definition) is 0. The third kappa shape index (κ3) is 4.53. The second kappa shape index (κ2) is 8.27. The molecular formula is C19H19ClN4O3S2. The molecule has 4 rings (SSSR count). The van der Waals surface area contributed by atoms with Crippen LogP contribution in [-0.4, -0.2) is 59.3 Å². The van der Waals surface area contributed by atoms with Crippen LogP contribution in [-0.2, 0) is 21.4 Å². The summed E-state index contributed by atoms with van der Waals surface area (Å²) in [6.07, 6.45) is 7.03. The molecule has 152 valence electrons. The molecule has 1 aliphatic heterocycles. The average Bonchev–Trinajstić information content (AvgIpc) is 3.31. The molecule has 10 heteroatoms. The number of carbonyl (C=O) groups is 1. The van der Waals surface area contributed by atoms with E-state index < -0.39 is 10.0 Å². The Labute approximate surface area is 177 Å². The SMILES string of the molecule is O=C1CN(S(=O)(=O)/C=C/c2ccc(Cl)s2)CCN1CCn1ccc2cnccc21. The van der Waals surface area contributed by atoms with Crippen molar-refractivity contribution in [2.24, 2.45) is 0 Å². The minimum atomic E-state index is -3.66. The number of hydrogen-bond acceptors (Lipinski definition) is 5. The number of sulfonamides is 1. The van der Waals surface area contributed by atoms with E-state index in [1.807, 2.05) is 18.3 Å². The maximum atomic E-state index is 12.5. The van der Waals surface area contributed by atoms with Crippen molar-refractivity contribution < 1.29 is 13.2 Å². The number of carbonyl (C=O) groups excluding carboxylic acids is 1. The first-order valence-corrected chi connectivity index (χ1v) is 11.7. The normalized spacial score (nSPS) is 16.3. The lowest BCUT2D eigenvalue weighted by Gasteiger charge is -2.33. The minimum absolute atomic E-state index is 0.145. The second-order valence-corrected chi connectivity index (χ2v) is 10.2. The fourth-order valence-electron chi connectivity index (χ4n) is 3.26. The van der Waals surface area contributed by atoms with Crippen molar-refractivity contribution in [3.8, 4) is 0 Å². The Bertz CT molecular complexity index is 1170. The highest BCUT2D eigenvalue weighted by Crippen LogP contribution is 2.23. The van der Waals surface area contributed by atoms with E-state index >= 15 is 0 Å². The molecule has 0 spiro atoms. The number of amides is 1. The summed E-state index contributed by atoms with van der Waals surface area (Å²) in [6.45, 7) is 1.68. The smallest absolute Gasteiger partial charge is 0.238 e. The molecule has 1 fully saturated rings. The molecule has 29 heavy (non-hydrogen) atoms. The number of fused-ring (bicyclic) bond motifs is 1. The molecule has 1 aliphatic rings. The molecule has 0 atom stereocenters. The third-order valence-electron chi connectivity index (χ3n) is 4.82. The van der Waals surface area contributed by atoms with Gasteiger partial charge in [0.05, 0.1) is 16.4 Å². The highest BCUT2D eigenvalue weighted by atomic mass is 35.5.